The number of hydrogen-bond acceptors (Lipinski definition) is 3. The molecule has 4 nitrogen and oxygen atoms in total. The SMILES string of the molecule is Cc1cc(C)n(-c2cccc(NC(C)(C)C)n2)n1. The van der Waals surface area contributed by atoms with Gasteiger partial charge in [0.1, 0.15) is 5.82 Å². The molecular formula is C14H20N4. The van der Waals surface area contributed by atoms with Crippen LogP contribution in [0.2, 0.25) is 0 Å². The monoisotopic (exact) mass is 244 g/mol. The van der Waals surface area contributed by atoms with E-state index >= 15 is 0 Å². The number of aryl methyl sites for hydroxylation is 2. The molecule has 0 fully saturated rings. The summed E-state index contributed by atoms with van der Waals surface area (Å²) in [6.45, 7) is 10.4. The Bertz CT molecular complexity index is 549. The van der Waals surface area contributed by atoms with Gasteiger partial charge < -0.3 is 5.32 Å². The minimum atomic E-state index is 0.000696. The van der Waals surface area contributed by atoms with Crippen LogP contribution in [0.5, 0.6) is 0 Å². The zero-order chi connectivity index (χ0) is 13.3. The summed E-state index contributed by atoms with van der Waals surface area (Å²) in [7, 11) is 0. The average Bonchev–Trinajstić information content (AvgIpc) is 2.55. The maximum absolute atomic E-state index is 4.59. The standard InChI is InChI=1S/C14H20N4/c1-10-9-11(2)18(17-10)13-8-6-7-12(15-13)16-14(3,4)5/h6-9H,1-5H3,(H,15,16). The van der Waals surface area contributed by atoms with E-state index in [4.69, 9.17) is 0 Å². The highest BCUT2D eigenvalue weighted by Crippen LogP contribution is 2.15. The van der Waals surface area contributed by atoms with Gasteiger partial charge in [-0.05, 0) is 52.8 Å². The van der Waals surface area contributed by atoms with E-state index in [9.17, 15) is 0 Å². The third-order valence-electron chi connectivity index (χ3n) is 2.46. The van der Waals surface area contributed by atoms with Gasteiger partial charge in [-0.2, -0.15) is 5.10 Å². The van der Waals surface area contributed by atoms with E-state index in [2.05, 4.69) is 36.2 Å². The van der Waals surface area contributed by atoms with E-state index < -0.39 is 0 Å². The normalized spacial score (nSPS) is 11.6. The molecule has 0 spiro atoms. The summed E-state index contributed by atoms with van der Waals surface area (Å²) in [6.07, 6.45) is 0. The van der Waals surface area contributed by atoms with Crippen molar-refractivity contribution in [2.45, 2.75) is 40.2 Å². The molecule has 2 aromatic rings. The minimum Gasteiger partial charge on any atom is -0.365 e. The van der Waals surface area contributed by atoms with Gasteiger partial charge in [0.2, 0.25) is 0 Å². The smallest absolute Gasteiger partial charge is 0.156 e. The lowest BCUT2D eigenvalue weighted by atomic mass is 10.1. The Labute approximate surface area is 108 Å². The van der Waals surface area contributed by atoms with Crippen molar-refractivity contribution in [2.24, 2.45) is 0 Å². The van der Waals surface area contributed by atoms with Crippen LogP contribution < -0.4 is 5.32 Å². The Balaban J connectivity index is 2.36. The Morgan fingerprint density at radius 1 is 1.17 bits per heavy atom. The second kappa shape index (κ2) is 4.44. The summed E-state index contributed by atoms with van der Waals surface area (Å²) in [4.78, 5) is 4.59. The molecule has 0 aliphatic carbocycles. The topological polar surface area (TPSA) is 42.7 Å². The first-order valence-corrected chi connectivity index (χ1v) is 6.14. The maximum Gasteiger partial charge on any atom is 0.156 e. The third-order valence-corrected chi connectivity index (χ3v) is 2.46. The fourth-order valence-corrected chi connectivity index (χ4v) is 1.86. The summed E-state index contributed by atoms with van der Waals surface area (Å²) >= 11 is 0. The molecule has 0 aliphatic heterocycles. The average molecular weight is 244 g/mol. The number of rotatable bonds is 2. The second-order valence-corrected chi connectivity index (χ2v) is 5.59. The lowest BCUT2D eigenvalue weighted by Crippen LogP contribution is -2.26. The van der Waals surface area contributed by atoms with Crippen LogP contribution in [0.3, 0.4) is 0 Å². The number of aromatic nitrogens is 3. The van der Waals surface area contributed by atoms with Crippen molar-refractivity contribution in [3.63, 3.8) is 0 Å². The van der Waals surface area contributed by atoms with Crippen molar-refractivity contribution in [3.8, 4) is 5.82 Å². The van der Waals surface area contributed by atoms with Gasteiger partial charge in [-0.25, -0.2) is 9.67 Å². The van der Waals surface area contributed by atoms with E-state index in [0.29, 0.717) is 0 Å². The lowest BCUT2D eigenvalue weighted by molar-refractivity contribution is 0.629. The highest BCUT2D eigenvalue weighted by molar-refractivity contribution is 5.41. The van der Waals surface area contributed by atoms with Gasteiger partial charge in [-0.3, -0.25) is 0 Å². The van der Waals surface area contributed by atoms with Gasteiger partial charge in [-0.15, -0.1) is 0 Å². The number of hydrogen-bond donors (Lipinski definition) is 1. The maximum atomic E-state index is 4.59. The Morgan fingerprint density at radius 2 is 1.89 bits per heavy atom. The fraction of sp³-hybridized carbons (Fsp3) is 0.429. The van der Waals surface area contributed by atoms with E-state index in [1.165, 1.54) is 0 Å². The number of anilines is 1. The molecule has 4 heteroatoms. The molecular weight excluding hydrogens is 224 g/mol. The van der Waals surface area contributed by atoms with Crippen LogP contribution in [-0.4, -0.2) is 20.3 Å². The number of nitrogens with one attached hydrogen (secondary N) is 1. The Hall–Kier alpha value is -1.84. The number of pyridine rings is 1. The van der Waals surface area contributed by atoms with Gasteiger partial charge in [0.25, 0.3) is 0 Å². The van der Waals surface area contributed by atoms with Crippen LogP contribution in [0.1, 0.15) is 32.2 Å². The first-order valence-electron chi connectivity index (χ1n) is 6.14. The molecule has 0 saturated heterocycles. The highest BCUT2D eigenvalue weighted by atomic mass is 15.3. The summed E-state index contributed by atoms with van der Waals surface area (Å²) < 4.78 is 1.86. The van der Waals surface area contributed by atoms with Crippen LogP contribution in [-0.2, 0) is 0 Å². The molecule has 0 saturated carbocycles. The van der Waals surface area contributed by atoms with Gasteiger partial charge in [0, 0.05) is 11.2 Å². The zero-order valence-electron chi connectivity index (χ0n) is 11.7. The van der Waals surface area contributed by atoms with Crippen molar-refractivity contribution < 1.29 is 0 Å². The molecule has 0 bridgehead atoms. The lowest BCUT2D eigenvalue weighted by Gasteiger charge is -2.21. The summed E-state index contributed by atoms with van der Waals surface area (Å²) in [5, 5.41) is 7.81. The predicted octanol–water partition coefficient (Wildman–Crippen LogP) is 3.09. The molecule has 0 atom stereocenters. The molecule has 0 unspecified atom stereocenters. The van der Waals surface area contributed by atoms with Crippen LogP contribution in [0.15, 0.2) is 24.3 Å². The van der Waals surface area contributed by atoms with E-state index in [1.807, 2.05) is 42.8 Å². The summed E-state index contributed by atoms with van der Waals surface area (Å²) in [5.74, 6) is 1.71. The summed E-state index contributed by atoms with van der Waals surface area (Å²) in [5.41, 5.74) is 2.09. The largest absolute Gasteiger partial charge is 0.365 e. The van der Waals surface area contributed by atoms with Crippen LogP contribution in [0, 0.1) is 13.8 Å². The van der Waals surface area contributed by atoms with Gasteiger partial charge in [-0.1, -0.05) is 6.07 Å². The molecule has 0 aromatic carbocycles. The second-order valence-electron chi connectivity index (χ2n) is 5.59. The molecule has 18 heavy (non-hydrogen) atoms. The van der Waals surface area contributed by atoms with E-state index in [-0.39, 0.29) is 5.54 Å². The van der Waals surface area contributed by atoms with Gasteiger partial charge in [0.05, 0.1) is 5.69 Å². The fourth-order valence-electron chi connectivity index (χ4n) is 1.86. The van der Waals surface area contributed by atoms with Crippen molar-refractivity contribution in [3.05, 3.63) is 35.7 Å². The predicted molar refractivity (Wildman–Crippen MR) is 74.2 cm³/mol. The Kier molecular flexibility index (Phi) is 3.11. The van der Waals surface area contributed by atoms with E-state index in [0.717, 1.165) is 23.0 Å². The third kappa shape index (κ3) is 2.88. The van der Waals surface area contributed by atoms with Crippen molar-refractivity contribution >= 4 is 5.82 Å². The minimum absolute atomic E-state index is 0.000696. The molecule has 2 rings (SSSR count). The van der Waals surface area contributed by atoms with Crippen molar-refractivity contribution in [1.29, 1.82) is 0 Å². The highest BCUT2D eigenvalue weighted by Gasteiger charge is 2.11. The van der Waals surface area contributed by atoms with Gasteiger partial charge >= 0.3 is 0 Å². The molecule has 2 heterocycles. The molecule has 0 radical (unpaired) electrons. The van der Waals surface area contributed by atoms with Crippen LogP contribution >= 0.6 is 0 Å². The first-order chi connectivity index (χ1) is 8.35. The summed E-state index contributed by atoms with van der Waals surface area (Å²) in [6, 6.07) is 7.98. The van der Waals surface area contributed by atoms with Crippen molar-refractivity contribution in [1.82, 2.24) is 14.8 Å². The number of nitrogens with zero attached hydrogens (tertiary/aromatic N) is 3. The van der Waals surface area contributed by atoms with Crippen LogP contribution in [0.25, 0.3) is 5.82 Å². The molecule has 0 aliphatic rings. The Morgan fingerprint density at radius 3 is 2.44 bits per heavy atom. The van der Waals surface area contributed by atoms with Gasteiger partial charge in [0.15, 0.2) is 5.82 Å². The van der Waals surface area contributed by atoms with Crippen LogP contribution in [0.4, 0.5) is 5.82 Å². The van der Waals surface area contributed by atoms with Crippen molar-refractivity contribution in [2.75, 3.05) is 5.32 Å². The molecule has 2 aromatic heterocycles. The quantitative estimate of drug-likeness (QED) is 0.882. The molecule has 1 N–H and O–H groups in total. The first kappa shape index (κ1) is 12.6. The zero-order valence-corrected chi connectivity index (χ0v) is 11.7. The van der Waals surface area contributed by atoms with E-state index in [1.54, 1.807) is 0 Å². The molecule has 0 amide bonds. The molecule has 96 valence electrons.